The van der Waals surface area contributed by atoms with Gasteiger partial charge in [0.15, 0.2) is 29.7 Å². The summed E-state index contributed by atoms with van der Waals surface area (Å²) in [4.78, 5) is 36.3. The van der Waals surface area contributed by atoms with Crippen LogP contribution in [0.2, 0.25) is 4.34 Å². The fraction of sp³-hybridized carbons (Fsp3) is 0.278. The highest BCUT2D eigenvalue weighted by Crippen LogP contribution is 2.30. The van der Waals surface area contributed by atoms with Crippen molar-refractivity contribution in [2.45, 2.75) is 12.8 Å². The molecule has 0 radical (unpaired) electrons. The number of carbonyl (C=O) groups excluding carboxylic acids is 3. The van der Waals surface area contributed by atoms with Crippen molar-refractivity contribution in [2.75, 3.05) is 19.8 Å². The van der Waals surface area contributed by atoms with Crippen molar-refractivity contribution in [3.05, 3.63) is 45.1 Å². The Morgan fingerprint density at radius 2 is 1.77 bits per heavy atom. The lowest BCUT2D eigenvalue weighted by molar-refractivity contribution is -0.142. The van der Waals surface area contributed by atoms with E-state index in [0.29, 0.717) is 39.5 Å². The summed E-state index contributed by atoms with van der Waals surface area (Å²) in [5, 5.41) is 0. The number of thiophene rings is 1. The maximum atomic E-state index is 12.1. The van der Waals surface area contributed by atoms with Crippen LogP contribution in [0, 0.1) is 0 Å². The van der Waals surface area contributed by atoms with Crippen LogP contribution in [0.1, 0.15) is 32.9 Å². The van der Waals surface area contributed by atoms with Crippen LogP contribution in [-0.2, 0) is 9.53 Å². The van der Waals surface area contributed by atoms with E-state index in [9.17, 15) is 14.4 Å². The number of halogens is 1. The summed E-state index contributed by atoms with van der Waals surface area (Å²) in [6, 6.07) is 8.05. The summed E-state index contributed by atoms with van der Waals surface area (Å²) < 4.78 is 16.3. The number of Topliss-reactive ketones (excluding diaryl/α,β-unsaturated/α-hetero) is 2. The van der Waals surface area contributed by atoms with Gasteiger partial charge in [0.05, 0.1) is 15.6 Å². The first-order valence-corrected chi connectivity index (χ1v) is 9.09. The predicted molar refractivity (Wildman–Crippen MR) is 95.6 cm³/mol. The molecule has 1 aromatic heterocycles. The van der Waals surface area contributed by atoms with Crippen molar-refractivity contribution >= 4 is 40.5 Å². The summed E-state index contributed by atoms with van der Waals surface area (Å²) in [5.41, 5.74) is 0.367. The van der Waals surface area contributed by atoms with E-state index >= 15 is 0 Å². The van der Waals surface area contributed by atoms with Crippen LogP contribution in [0.15, 0.2) is 30.3 Å². The molecule has 1 aromatic carbocycles. The standard InChI is InChI=1S/C18H15ClO6S/c19-17-5-4-16(26-17)12(20)2-6-18(22)25-10-13(21)11-1-3-14-15(9-11)24-8-7-23-14/h1,3-5,9H,2,6-8,10H2. The summed E-state index contributed by atoms with van der Waals surface area (Å²) >= 11 is 6.94. The average Bonchev–Trinajstić information content (AvgIpc) is 3.10. The molecule has 0 amide bonds. The molecule has 0 saturated carbocycles. The van der Waals surface area contributed by atoms with Gasteiger partial charge in [-0.1, -0.05) is 11.6 Å². The van der Waals surface area contributed by atoms with Crippen molar-refractivity contribution < 1.29 is 28.6 Å². The van der Waals surface area contributed by atoms with Gasteiger partial charge in [0, 0.05) is 12.0 Å². The molecule has 2 aromatic rings. The molecule has 2 heterocycles. The minimum atomic E-state index is -0.605. The normalized spacial score (nSPS) is 12.5. The Morgan fingerprint density at radius 1 is 1.00 bits per heavy atom. The Balaban J connectivity index is 1.46. The van der Waals surface area contributed by atoms with E-state index in [1.54, 1.807) is 30.3 Å². The van der Waals surface area contributed by atoms with Gasteiger partial charge in [-0.05, 0) is 30.3 Å². The van der Waals surface area contributed by atoms with Crippen LogP contribution in [-0.4, -0.2) is 37.4 Å². The zero-order valence-corrected chi connectivity index (χ0v) is 15.2. The fourth-order valence-electron chi connectivity index (χ4n) is 2.32. The third-order valence-corrected chi connectivity index (χ3v) is 4.90. The van der Waals surface area contributed by atoms with Crippen molar-refractivity contribution in [3.63, 3.8) is 0 Å². The Hall–Kier alpha value is -2.38. The molecule has 0 saturated heterocycles. The largest absolute Gasteiger partial charge is 0.486 e. The molecule has 26 heavy (non-hydrogen) atoms. The second-order valence-corrected chi connectivity index (χ2v) is 7.18. The van der Waals surface area contributed by atoms with Crippen LogP contribution in [0.25, 0.3) is 0 Å². The lowest BCUT2D eigenvalue weighted by atomic mass is 10.1. The van der Waals surface area contributed by atoms with E-state index in [0.717, 1.165) is 11.3 Å². The molecule has 6 nitrogen and oxygen atoms in total. The molecule has 0 atom stereocenters. The average molecular weight is 395 g/mol. The number of esters is 1. The molecule has 0 unspecified atom stereocenters. The zero-order valence-electron chi connectivity index (χ0n) is 13.7. The zero-order chi connectivity index (χ0) is 18.5. The molecule has 1 aliphatic rings. The Morgan fingerprint density at radius 3 is 2.50 bits per heavy atom. The number of ether oxygens (including phenoxy) is 3. The van der Waals surface area contributed by atoms with E-state index in [2.05, 4.69) is 0 Å². The molecule has 0 fully saturated rings. The minimum Gasteiger partial charge on any atom is -0.486 e. The number of fused-ring (bicyclic) bond motifs is 1. The van der Waals surface area contributed by atoms with Crippen molar-refractivity contribution in [2.24, 2.45) is 0 Å². The Kier molecular flexibility index (Phi) is 5.90. The van der Waals surface area contributed by atoms with E-state index in [4.69, 9.17) is 25.8 Å². The highest BCUT2D eigenvalue weighted by molar-refractivity contribution is 7.18. The van der Waals surface area contributed by atoms with Gasteiger partial charge in [-0.25, -0.2) is 0 Å². The lowest BCUT2D eigenvalue weighted by Crippen LogP contribution is -2.17. The van der Waals surface area contributed by atoms with Gasteiger partial charge in [-0.3, -0.25) is 14.4 Å². The minimum absolute atomic E-state index is 0.00783. The number of ketones is 2. The number of hydrogen-bond donors (Lipinski definition) is 0. The molecule has 3 rings (SSSR count). The summed E-state index contributed by atoms with van der Waals surface area (Å²) in [6.07, 6.45) is -0.0866. The van der Waals surface area contributed by atoms with Gasteiger partial charge in [0.1, 0.15) is 13.2 Å². The Bertz CT molecular complexity index is 844. The number of hydrogen-bond acceptors (Lipinski definition) is 7. The third-order valence-electron chi connectivity index (χ3n) is 3.63. The van der Waals surface area contributed by atoms with Gasteiger partial charge in [0.2, 0.25) is 0 Å². The number of carbonyl (C=O) groups is 3. The fourth-order valence-corrected chi connectivity index (χ4v) is 3.33. The topological polar surface area (TPSA) is 78.9 Å². The van der Waals surface area contributed by atoms with Gasteiger partial charge >= 0.3 is 5.97 Å². The highest BCUT2D eigenvalue weighted by atomic mass is 35.5. The van der Waals surface area contributed by atoms with E-state index in [-0.39, 0.29) is 24.4 Å². The quantitative estimate of drug-likeness (QED) is 0.527. The van der Waals surface area contributed by atoms with E-state index in [1.165, 1.54) is 0 Å². The summed E-state index contributed by atoms with van der Waals surface area (Å²) in [6.45, 7) is 0.495. The van der Waals surface area contributed by atoms with Crippen LogP contribution < -0.4 is 9.47 Å². The number of rotatable bonds is 7. The van der Waals surface area contributed by atoms with Gasteiger partial charge in [0.25, 0.3) is 0 Å². The van der Waals surface area contributed by atoms with Crippen LogP contribution >= 0.6 is 22.9 Å². The molecular formula is C18H15ClO6S. The van der Waals surface area contributed by atoms with Gasteiger partial charge in [-0.15, -0.1) is 11.3 Å². The van der Waals surface area contributed by atoms with Crippen molar-refractivity contribution in [3.8, 4) is 11.5 Å². The van der Waals surface area contributed by atoms with Crippen LogP contribution in [0.4, 0.5) is 0 Å². The molecular weight excluding hydrogens is 380 g/mol. The summed E-state index contributed by atoms with van der Waals surface area (Å²) in [5.74, 6) is -0.0683. The van der Waals surface area contributed by atoms with Gasteiger partial charge < -0.3 is 14.2 Å². The molecule has 0 spiro atoms. The third kappa shape index (κ3) is 4.62. The molecule has 1 aliphatic heterocycles. The van der Waals surface area contributed by atoms with Crippen molar-refractivity contribution in [1.82, 2.24) is 0 Å². The van der Waals surface area contributed by atoms with Crippen LogP contribution in [0.5, 0.6) is 11.5 Å². The second-order valence-electron chi connectivity index (χ2n) is 5.47. The molecule has 0 bridgehead atoms. The lowest BCUT2D eigenvalue weighted by Gasteiger charge is -2.18. The summed E-state index contributed by atoms with van der Waals surface area (Å²) in [7, 11) is 0. The first kappa shape index (κ1) is 18.4. The van der Waals surface area contributed by atoms with E-state index < -0.39 is 12.6 Å². The number of benzene rings is 1. The van der Waals surface area contributed by atoms with Crippen molar-refractivity contribution in [1.29, 1.82) is 0 Å². The highest BCUT2D eigenvalue weighted by Gasteiger charge is 2.17. The first-order chi connectivity index (χ1) is 12.5. The predicted octanol–water partition coefficient (Wildman–Crippen LogP) is 3.56. The van der Waals surface area contributed by atoms with Gasteiger partial charge in [-0.2, -0.15) is 0 Å². The second kappa shape index (κ2) is 8.33. The molecule has 0 aliphatic carbocycles. The molecule has 136 valence electrons. The van der Waals surface area contributed by atoms with Crippen LogP contribution in [0.3, 0.4) is 0 Å². The SMILES string of the molecule is O=C(CCC(=O)c1ccc(Cl)s1)OCC(=O)c1ccc2c(c1)OCCO2. The molecule has 8 heteroatoms. The maximum absolute atomic E-state index is 12.1. The monoisotopic (exact) mass is 394 g/mol. The Labute approximate surface area is 158 Å². The molecule has 0 N–H and O–H groups in total. The first-order valence-electron chi connectivity index (χ1n) is 7.90. The van der Waals surface area contributed by atoms with E-state index in [1.807, 2.05) is 0 Å². The smallest absolute Gasteiger partial charge is 0.306 e. The maximum Gasteiger partial charge on any atom is 0.306 e.